The summed E-state index contributed by atoms with van der Waals surface area (Å²) in [7, 11) is -16.1. The third-order valence-electron chi connectivity index (χ3n) is 4.57. The third kappa shape index (κ3) is 5.71. The maximum absolute atomic E-state index is 11.9. The minimum Gasteiger partial charge on any atom is -0.382 e. The molecule has 15 nitrogen and oxygen atoms in total. The van der Waals surface area contributed by atoms with Gasteiger partial charge in [0.15, 0.2) is 11.5 Å². The maximum Gasteiger partial charge on any atom is 0.490 e. The Morgan fingerprint density at radius 3 is 2.47 bits per heavy atom. The van der Waals surface area contributed by atoms with Crippen molar-refractivity contribution in [1.82, 2.24) is 19.5 Å². The largest absolute Gasteiger partial charge is 0.490 e. The number of phosphoric ester groups is 1. The van der Waals surface area contributed by atoms with Crippen LogP contribution in [-0.2, 0) is 26.8 Å². The summed E-state index contributed by atoms with van der Waals surface area (Å²) in [6.45, 7) is 1.65. The van der Waals surface area contributed by atoms with Crippen molar-refractivity contribution in [2.45, 2.75) is 25.8 Å². The van der Waals surface area contributed by atoms with Gasteiger partial charge in [-0.05, 0) is 24.7 Å². The van der Waals surface area contributed by atoms with Gasteiger partial charge < -0.3 is 29.9 Å². The van der Waals surface area contributed by atoms with Gasteiger partial charge in [0.25, 0.3) is 0 Å². The molecule has 2 heterocycles. The van der Waals surface area contributed by atoms with Gasteiger partial charge in [0, 0.05) is 6.04 Å². The van der Waals surface area contributed by atoms with Crippen molar-refractivity contribution in [3.63, 3.8) is 0 Å². The molecule has 1 fully saturated rings. The van der Waals surface area contributed by atoms with E-state index in [4.69, 9.17) is 20.0 Å². The monoisotopic (exact) mass is 487 g/mol. The number of nitrogen functional groups attached to an aromatic ring is 1. The number of aromatic nitrogens is 4. The summed E-state index contributed by atoms with van der Waals surface area (Å²) in [5.41, 5.74) is 6.80. The first kappa shape index (κ1) is 23.4. The lowest BCUT2D eigenvalue weighted by Crippen LogP contribution is -2.11. The molecule has 0 radical (unpaired) electrons. The number of hydrogen-bond donors (Lipinski definition) is 5. The molecule has 0 bridgehead atoms. The van der Waals surface area contributed by atoms with Crippen molar-refractivity contribution in [2.24, 2.45) is 11.8 Å². The zero-order chi connectivity index (χ0) is 22.3. The number of rotatable bonds is 8. The molecule has 0 aromatic carbocycles. The molecule has 0 amide bonds. The predicted octanol–water partition coefficient (Wildman–Crippen LogP) is 1.34. The number of nitrogens with zero attached hydrogens (tertiary/aromatic N) is 4. The second-order valence-electron chi connectivity index (χ2n) is 6.85. The maximum atomic E-state index is 11.9. The molecule has 30 heavy (non-hydrogen) atoms. The van der Waals surface area contributed by atoms with Gasteiger partial charge in [-0.25, -0.2) is 28.6 Å². The van der Waals surface area contributed by atoms with Gasteiger partial charge in [-0.15, -0.1) is 0 Å². The lowest BCUT2D eigenvalue weighted by Gasteiger charge is -2.18. The zero-order valence-electron chi connectivity index (χ0n) is 15.5. The van der Waals surface area contributed by atoms with Crippen molar-refractivity contribution < 1.29 is 46.4 Å². The van der Waals surface area contributed by atoms with Crippen LogP contribution in [0, 0.1) is 11.8 Å². The fourth-order valence-electron chi connectivity index (χ4n) is 3.49. The minimum absolute atomic E-state index is 0.0705. The predicted molar refractivity (Wildman–Crippen MR) is 100 cm³/mol. The Kier molecular flexibility index (Phi) is 6.53. The highest BCUT2D eigenvalue weighted by molar-refractivity contribution is 7.66. The molecular weight excluding hydrogens is 467 g/mol. The van der Waals surface area contributed by atoms with Gasteiger partial charge in [0.1, 0.15) is 11.8 Å². The second kappa shape index (κ2) is 8.36. The second-order valence-corrected chi connectivity index (χ2v) is 11.3. The molecule has 3 rings (SSSR count). The summed E-state index contributed by atoms with van der Waals surface area (Å²) in [5.74, 6) is 0.119. The number of imidazole rings is 1. The highest BCUT2D eigenvalue weighted by atomic mass is 31.3. The van der Waals surface area contributed by atoms with E-state index >= 15 is 0 Å². The van der Waals surface area contributed by atoms with Crippen molar-refractivity contribution in [1.29, 1.82) is 0 Å². The van der Waals surface area contributed by atoms with Crippen LogP contribution in [0.1, 0.15) is 25.8 Å². The summed E-state index contributed by atoms with van der Waals surface area (Å²) in [4.78, 5) is 48.1. The van der Waals surface area contributed by atoms with Crippen LogP contribution in [0.3, 0.4) is 0 Å². The summed E-state index contributed by atoms with van der Waals surface area (Å²) in [5, 5.41) is 0. The summed E-state index contributed by atoms with van der Waals surface area (Å²) in [6, 6.07) is -0.0705. The molecule has 6 N–H and O–H groups in total. The van der Waals surface area contributed by atoms with Crippen LogP contribution < -0.4 is 5.73 Å². The van der Waals surface area contributed by atoms with Gasteiger partial charge in [0.05, 0.1) is 12.9 Å². The Labute approximate surface area is 169 Å². The van der Waals surface area contributed by atoms with E-state index in [0.717, 1.165) is 0 Å². The Morgan fingerprint density at radius 2 is 1.80 bits per heavy atom. The fourth-order valence-corrected chi connectivity index (χ4v) is 6.59. The SMILES string of the molecule is C[C@H]1C[C@@H](COP(=O)(O)OP(=O)(O)OP(=O)(O)O)C[C@H]1n1cnc2c(N)ncnc21. The summed E-state index contributed by atoms with van der Waals surface area (Å²) < 4.78 is 47.9. The minimum atomic E-state index is -5.53. The van der Waals surface area contributed by atoms with Crippen LogP contribution in [0.2, 0.25) is 0 Å². The molecule has 168 valence electrons. The molecule has 1 aliphatic carbocycles. The number of phosphoric acid groups is 3. The first-order chi connectivity index (χ1) is 13.8. The molecule has 5 atom stereocenters. The van der Waals surface area contributed by atoms with Gasteiger partial charge in [-0.2, -0.15) is 8.62 Å². The Bertz CT molecular complexity index is 1070. The molecule has 1 saturated carbocycles. The van der Waals surface area contributed by atoms with E-state index in [0.29, 0.717) is 24.0 Å². The lowest BCUT2D eigenvalue weighted by atomic mass is 10.1. The average Bonchev–Trinajstić information content (AvgIpc) is 3.13. The van der Waals surface area contributed by atoms with Crippen LogP contribution in [0.15, 0.2) is 12.7 Å². The molecule has 1 aliphatic rings. The topological polar surface area (TPSA) is 229 Å². The number of nitrogens with two attached hydrogens (primary N) is 1. The van der Waals surface area contributed by atoms with E-state index in [9.17, 15) is 23.5 Å². The summed E-state index contributed by atoms with van der Waals surface area (Å²) >= 11 is 0. The Hall–Kier alpha value is -1.24. The third-order valence-corrected chi connectivity index (χ3v) is 8.37. The van der Waals surface area contributed by atoms with Crippen molar-refractivity contribution in [3.05, 3.63) is 12.7 Å². The van der Waals surface area contributed by atoms with Crippen LogP contribution in [-0.4, -0.2) is 45.7 Å². The van der Waals surface area contributed by atoms with E-state index in [1.807, 2.05) is 11.5 Å². The van der Waals surface area contributed by atoms with E-state index in [-0.39, 0.29) is 30.3 Å². The van der Waals surface area contributed by atoms with Crippen molar-refractivity contribution >= 4 is 40.4 Å². The van der Waals surface area contributed by atoms with Crippen LogP contribution in [0.25, 0.3) is 11.2 Å². The van der Waals surface area contributed by atoms with E-state index in [1.54, 1.807) is 6.33 Å². The van der Waals surface area contributed by atoms with Crippen LogP contribution in [0.4, 0.5) is 5.82 Å². The van der Waals surface area contributed by atoms with Crippen LogP contribution in [0.5, 0.6) is 0 Å². The molecule has 2 aromatic heterocycles. The molecule has 0 spiro atoms. The Balaban J connectivity index is 1.63. The molecule has 0 saturated heterocycles. The Morgan fingerprint density at radius 1 is 1.10 bits per heavy atom. The van der Waals surface area contributed by atoms with Gasteiger partial charge >= 0.3 is 23.5 Å². The normalized spacial score (nSPS) is 26.5. The van der Waals surface area contributed by atoms with Crippen molar-refractivity contribution in [2.75, 3.05) is 12.3 Å². The average molecular weight is 487 g/mol. The van der Waals surface area contributed by atoms with E-state index in [2.05, 4.69) is 23.6 Å². The zero-order valence-corrected chi connectivity index (χ0v) is 18.1. The fraction of sp³-hybridized carbons (Fsp3) is 0.583. The molecular formula is C12H20N5O10P3. The van der Waals surface area contributed by atoms with E-state index in [1.165, 1.54) is 6.33 Å². The first-order valence-electron chi connectivity index (χ1n) is 8.48. The van der Waals surface area contributed by atoms with Crippen LogP contribution >= 0.6 is 23.5 Å². The smallest absolute Gasteiger partial charge is 0.382 e. The molecule has 0 aliphatic heterocycles. The quantitative estimate of drug-likeness (QED) is 0.331. The van der Waals surface area contributed by atoms with Gasteiger partial charge in [0.2, 0.25) is 0 Å². The highest BCUT2D eigenvalue weighted by Gasteiger charge is 2.42. The highest BCUT2D eigenvalue weighted by Crippen LogP contribution is 2.66. The van der Waals surface area contributed by atoms with E-state index < -0.39 is 23.5 Å². The van der Waals surface area contributed by atoms with Gasteiger partial charge in [-0.1, -0.05) is 6.92 Å². The molecule has 2 aromatic rings. The van der Waals surface area contributed by atoms with Crippen molar-refractivity contribution in [3.8, 4) is 0 Å². The number of hydrogen-bond acceptors (Lipinski definition) is 10. The van der Waals surface area contributed by atoms with Gasteiger partial charge in [-0.3, -0.25) is 4.52 Å². The molecule has 18 heteroatoms. The lowest BCUT2D eigenvalue weighted by molar-refractivity contribution is 0.153. The number of fused-ring (bicyclic) bond motifs is 1. The first-order valence-corrected chi connectivity index (χ1v) is 13.0. The standard InChI is InChI=1S/C12H20N5O10P3/c1-7-2-8(4-25-29(21,22)27-30(23,24)26-28(18,19)20)3-9(7)17-6-16-10-11(13)14-5-15-12(10)17/h5-9H,2-4H2,1H3,(H,21,22)(H,23,24)(H2,13,14,15)(H2,18,19,20)/t7-,8+,9+/m0/s1. The number of anilines is 1. The summed E-state index contributed by atoms with van der Waals surface area (Å²) in [6.07, 6.45) is 4.00. The molecule has 2 unspecified atom stereocenters.